The number of rotatable bonds is 10. The maximum atomic E-state index is 14.4. The number of aliphatic hydroxyl groups is 1. The van der Waals surface area contributed by atoms with Crippen molar-refractivity contribution in [2.75, 3.05) is 45.2 Å². The molecule has 1 aliphatic rings. The molecule has 0 unspecified atom stereocenters. The van der Waals surface area contributed by atoms with Gasteiger partial charge in [-0.1, -0.05) is 30.7 Å². The van der Waals surface area contributed by atoms with Gasteiger partial charge in [0.2, 0.25) is 0 Å². The van der Waals surface area contributed by atoms with Gasteiger partial charge in [-0.2, -0.15) is 0 Å². The summed E-state index contributed by atoms with van der Waals surface area (Å²) in [5, 5.41) is 10.7. The smallest absolute Gasteiger partial charge is 0.261 e. The highest BCUT2D eigenvalue weighted by Crippen LogP contribution is 2.30. The van der Waals surface area contributed by atoms with Gasteiger partial charge in [0.1, 0.15) is 11.5 Å². The van der Waals surface area contributed by atoms with Crippen LogP contribution in [0.1, 0.15) is 56.0 Å². The number of fused-ring (bicyclic) bond motifs is 1. The van der Waals surface area contributed by atoms with E-state index in [0.717, 1.165) is 30.6 Å². The number of nitrogens with one attached hydrogen (secondary N) is 1. The summed E-state index contributed by atoms with van der Waals surface area (Å²) in [4.78, 5) is 18.3. The number of aliphatic hydroxyl groups excluding tert-OH is 1. The van der Waals surface area contributed by atoms with Gasteiger partial charge in [0.15, 0.2) is 0 Å². The number of hydrogen-bond acceptors (Lipinski definition) is 8. The molecule has 1 amide bonds. The van der Waals surface area contributed by atoms with Gasteiger partial charge in [-0.3, -0.25) is 14.4 Å². The second-order valence-electron chi connectivity index (χ2n) is 12.6. The predicted molar refractivity (Wildman–Crippen MR) is 188 cm³/mol. The van der Waals surface area contributed by atoms with Crippen LogP contribution >= 0.6 is 11.6 Å². The lowest BCUT2D eigenvalue weighted by Crippen LogP contribution is -2.47. The number of anilines is 1. The largest absolute Gasteiger partial charge is 0.497 e. The first-order chi connectivity index (χ1) is 22.9. The van der Waals surface area contributed by atoms with E-state index in [1.54, 1.807) is 31.1 Å². The zero-order valence-corrected chi connectivity index (χ0v) is 30.0. The van der Waals surface area contributed by atoms with Crippen LogP contribution in [0.3, 0.4) is 0 Å². The van der Waals surface area contributed by atoms with Crippen LogP contribution in [-0.4, -0.2) is 87.9 Å². The molecule has 262 valence electrons. The van der Waals surface area contributed by atoms with E-state index in [0.29, 0.717) is 37.0 Å². The number of hydrogen-bond donors (Lipinski definition) is 2. The van der Waals surface area contributed by atoms with E-state index in [2.05, 4.69) is 16.5 Å². The molecule has 4 rings (SSSR count). The molecule has 10 nitrogen and oxygen atoms in total. The van der Waals surface area contributed by atoms with Crippen LogP contribution < -0.4 is 14.2 Å². The summed E-state index contributed by atoms with van der Waals surface area (Å²) in [6, 6.07) is 18.0. The van der Waals surface area contributed by atoms with Crippen LogP contribution in [0, 0.1) is 5.92 Å². The van der Waals surface area contributed by atoms with E-state index >= 15 is 0 Å². The molecule has 1 heterocycles. The fourth-order valence-corrected chi connectivity index (χ4v) is 6.87. The molecule has 48 heavy (non-hydrogen) atoms. The van der Waals surface area contributed by atoms with Crippen LogP contribution in [0.15, 0.2) is 71.6 Å². The fraction of sp³-hybridized carbons (Fsp3) is 0.472. The molecule has 0 aliphatic carbocycles. The number of amides is 1. The van der Waals surface area contributed by atoms with Crippen molar-refractivity contribution in [3.63, 3.8) is 0 Å². The molecule has 0 saturated heterocycles. The summed E-state index contributed by atoms with van der Waals surface area (Å²) in [6.07, 6.45) is 2.08. The molecule has 1 aliphatic heterocycles. The zero-order valence-electron chi connectivity index (χ0n) is 28.4. The third-order valence-electron chi connectivity index (χ3n) is 8.53. The van der Waals surface area contributed by atoms with Gasteiger partial charge >= 0.3 is 0 Å². The number of likely N-dealkylation sites (N-methyl/N-ethyl adjacent to an activating group) is 1. The minimum Gasteiger partial charge on any atom is -0.497 e. The number of halogens is 1. The predicted octanol–water partition coefficient (Wildman–Crippen LogP) is 6.08. The summed E-state index contributed by atoms with van der Waals surface area (Å²) in [5.74, 6) is 0.688. The van der Waals surface area contributed by atoms with E-state index in [-0.39, 0.29) is 46.8 Å². The lowest BCUT2D eigenvalue weighted by molar-refractivity contribution is -0.0177. The molecule has 0 aromatic heterocycles. The Bertz CT molecular complexity index is 1590. The Morgan fingerprint density at radius 1 is 1.08 bits per heavy atom. The normalized spacial score (nSPS) is 20.4. The van der Waals surface area contributed by atoms with Gasteiger partial charge in [-0.15, -0.1) is 0 Å². The molecule has 0 fully saturated rings. The Labute approximate surface area is 290 Å². The fourth-order valence-electron chi connectivity index (χ4n) is 5.69. The quantitative estimate of drug-likeness (QED) is 0.262. The average molecular weight is 702 g/mol. The van der Waals surface area contributed by atoms with Crippen molar-refractivity contribution in [1.29, 1.82) is 0 Å². The highest BCUT2D eigenvalue weighted by atomic mass is 35.5. The van der Waals surface area contributed by atoms with Gasteiger partial charge in [0.25, 0.3) is 15.9 Å². The molecular weight excluding hydrogens is 654 g/mol. The van der Waals surface area contributed by atoms with E-state index in [1.165, 1.54) is 30.3 Å². The first-order valence-corrected chi connectivity index (χ1v) is 18.2. The Morgan fingerprint density at radius 2 is 1.79 bits per heavy atom. The van der Waals surface area contributed by atoms with Gasteiger partial charge in [-0.05, 0) is 100 Å². The number of carbonyl (C=O) groups excluding carboxylic acids is 1. The van der Waals surface area contributed by atoms with Crippen molar-refractivity contribution in [3.05, 3.63) is 82.9 Å². The molecule has 0 radical (unpaired) electrons. The summed E-state index contributed by atoms with van der Waals surface area (Å²) in [5.41, 5.74) is 1.56. The Kier molecular flexibility index (Phi) is 13.5. The summed E-state index contributed by atoms with van der Waals surface area (Å²) < 4.78 is 47.0. The molecule has 12 heteroatoms. The first-order valence-electron chi connectivity index (χ1n) is 16.3. The maximum Gasteiger partial charge on any atom is 0.261 e. The standard InChI is InChI=1S/C36H48ClN3O7S/c1-25-21-40(26(2)24-41)36(42)33-20-30(38-48(43,44)32-16-11-29(37)12-17-32)13-18-34(33)47-27(3)8-6-7-19-46-35(25)23-39(4)22-28-9-14-31(45-5)15-10-28/h9-18,20,25-27,35,38,41H,6-8,19,21-24H2,1-5H3/t25-,26-,27+,35+/m0/s1. The average Bonchev–Trinajstić information content (AvgIpc) is 3.06. The van der Waals surface area contributed by atoms with Crippen molar-refractivity contribution in [3.8, 4) is 11.5 Å². The minimum absolute atomic E-state index is 0.0375. The van der Waals surface area contributed by atoms with Gasteiger partial charge in [-0.25, -0.2) is 8.42 Å². The Balaban J connectivity index is 1.62. The number of ether oxygens (including phenoxy) is 3. The Hall–Kier alpha value is -3.35. The van der Waals surface area contributed by atoms with E-state index in [4.69, 9.17) is 25.8 Å². The number of nitrogens with zero attached hydrogens (tertiary/aromatic N) is 2. The number of carbonyl (C=O) groups is 1. The Morgan fingerprint density at radius 3 is 2.46 bits per heavy atom. The van der Waals surface area contributed by atoms with Crippen molar-refractivity contribution in [1.82, 2.24) is 9.80 Å². The van der Waals surface area contributed by atoms with Crippen molar-refractivity contribution in [2.45, 2.75) is 69.7 Å². The minimum atomic E-state index is -3.96. The van der Waals surface area contributed by atoms with E-state index in [1.807, 2.05) is 38.2 Å². The summed E-state index contributed by atoms with van der Waals surface area (Å²) in [6.45, 7) is 7.77. The van der Waals surface area contributed by atoms with Crippen LogP contribution in [-0.2, 0) is 21.3 Å². The van der Waals surface area contributed by atoms with Crippen molar-refractivity contribution in [2.24, 2.45) is 5.92 Å². The number of methoxy groups -OCH3 is 1. The summed E-state index contributed by atoms with van der Waals surface area (Å²) in [7, 11) is -0.268. The molecule has 3 aromatic rings. The summed E-state index contributed by atoms with van der Waals surface area (Å²) >= 11 is 5.96. The van der Waals surface area contributed by atoms with Gasteiger partial charge in [0.05, 0.1) is 42.4 Å². The monoisotopic (exact) mass is 701 g/mol. The number of sulfonamides is 1. The molecule has 0 saturated carbocycles. The molecular formula is C36H48ClN3O7S. The van der Waals surface area contributed by atoms with Crippen molar-refractivity contribution < 1.29 is 32.5 Å². The van der Waals surface area contributed by atoms with Crippen molar-refractivity contribution >= 4 is 33.2 Å². The highest BCUT2D eigenvalue weighted by molar-refractivity contribution is 7.92. The highest BCUT2D eigenvalue weighted by Gasteiger charge is 2.30. The molecule has 4 atom stereocenters. The van der Waals surface area contributed by atoms with Gasteiger partial charge < -0.3 is 24.2 Å². The topological polar surface area (TPSA) is 118 Å². The van der Waals surface area contributed by atoms with E-state index < -0.39 is 16.1 Å². The molecule has 0 bridgehead atoms. The molecule has 2 N–H and O–H groups in total. The number of benzene rings is 3. The second-order valence-corrected chi connectivity index (χ2v) is 14.7. The van der Waals surface area contributed by atoms with Gasteiger partial charge in [0, 0.05) is 42.9 Å². The lowest BCUT2D eigenvalue weighted by atomic mass is 10.0. The third-order valence-corrected chi connectivity index (χ3v) is 10.2. The third kappa shape index (κ3) is 10.3. The first kappa shape index (κ1) is 37.5. The van der Waals surface area contributed by atoms with Crippen LogP contribution in [0.4, 0.5) is 5.69 Å². The molecule has 0 spiro atoms. The maximum absolute atomic E-state index is 14.4. The second kappa shape index (κ2) is 17.3. The molecule has 3 aromatic carbocycles. The van der Waals surface area contributed by atoms with E-state index in [9.17, 15) is 18.3 Å². The SMILES string of the molecule is COc1ccc(CN(C)C[C@H]2OCCCC[C@@H](C)Oc3ccc(NS(=O)(=O)c4ccc(Cl)cc4)cc3C(=O)N([C@@H](C)CO)C[C@@H]2C)cc1. The zero-order chi connectivity index (χ0) is 34.8. The van der Waals surface area contributed by atoms with Crippen LogP contribution in [0.25, 0.3) is 0 Å². The van der Waals surface area contributed by atoms with Crippen LogP contribution in [0.5, 0.6) is 11.5 Å². The van der Waals surface area contributed by atoms with Crippen LogP contribution in [0.2, 0.25) is 5.02 Å². The lowest BCUT2D eigenvalue weighted by Gasteiger charge is -2.36.